The first-order chi connectivity index (χ1) is 13.5. The molecule has 1 aliphatic rings. The maximum absolute atomic E-state index is 13.9. The fourth-order valence-electron chi connectivity index (χ4n) is 3.42. The normalized spacial score (nSPS) is 16.6. The number of nitrogens with zero attached hydrogens (tertiary/aromatic N) is 2. The van der Waals surface area contributed by atoms with Gasteiger partial charge in [0.2, 0.25) is 5.91 Å². The van der Waals surface area contributed by atoms with Crippen LogP contribution in [0.1, 0.15) is 18.1 Å². The molecular formula is C22H28FN3O2. The maximum Gasteiger partial charge on any atom is 0.241 e. The first kappa shape index (κ1) is 20.3. The molecule has 0 aliphatic carbocycles. The molecule has 0 radical (unpaired) electrons. The van der Waals surface area contributed by atoms with E-state index >= 15 is 0 Å². The van der Waals surface area contributed by atoms with Crippen LogP contribution in [0.2, 0.25) is 0 Å². The highest BCUT2D eigenvalue weighted by molar-refractivity contribution is 5.94. The molecule has 1 aliphatic heterocycles. The van der Waals surface area contributed by atoms with Crippen molar-refractivity contribution in [1.82, 2.24) is 9.80 Å². The highest BCUT2D eigenvalue weighted by Gasteiger charge is 2.25. The summed E-state index contributed by atoms with van der Waals surface area (Å²) >= 11 is 0. The lowest BCUT2D eigenvalue weighted by Gasteiger charge is -2.37. The van der Waals surface area contributed by atoms with Crippen molar-refractivity contribution in [3.8, 4) is 5.75 Å². The number of hydrogen-bond acceptors (Lipinski definition) is 4. The third kappa shape index (κ3) is 5.09. The number of benzene rings is 2. The maximum atomic E-state index is 13.9. The number of nitrogens with one attached hydrogen (secondary N) is 1. The number of halogens is 1. The molecule has 6 heteroatoms. The van der Waals surface area contributed by atoms with Gasteiger partial charge in [0.1, 0.15) is 0 Å². The Morgan fingerprint density at radius 3 is 2.43 bits per heavy atom. The number of amides is 1. The SMILES string of the molecule is COc1ccc(CN2CCN([C@H](C)C(=O)Nc3ccc(C)cc3)CC2)cc1F. The van der Waals surface area contributed by atoms with Crippen LogP contribution in [0.25, 0.3) is 0 Å². The molecule has 1 heterocycles. The summed E-state index contributed by atoms with van der Waals surface area (Å²) in [7, 11) is 1.47. The van der Waals surface area contributed by atoms with Crippen molar-refractivity contribution in [1.29, 1.82) is 0 Å². The van der Waals surface area contributed by atoms with E-state index in [9.17, 15) is 9.18 Å². The van der Waals surface area contributed by atoms with E-state index in [2.05, 4.69) is 15.1 Å². The van der Waals surface area contributed by atoms with Crippen molar-refractivity contribution in [2.45, 2.75) is 26.4 Å². The van der Waals surface area contributed by atoms with Crippen LogP contribution in [-0.2, 0) is 11.3 Å². The first-order valence-electron chi connectivity index (χ1n) is 9.62. The molecule has 1 N–H and O–H groups in total. The van der Waals surface area contributed by atoms with Crippen molar-refractivity contribution >= 4 is 11.6 Å². The van der Waals surface area contributed by atoms with E-state index in [4.69, 9.17) is 4.74 Å². The zero-order chi connectivity index (χ0) is 20.1. The summed E-state index contributed by atoms with van der Waals surface area (Å²) in [4.78, 5) is 17.0. The molecule has 3 rings (SSSR count). The number of carbonyl (C=O) groups is 1. The molecular weight excluding hydrogens is 357 g/mol. The quantitative estimate of drug-likeness (QED) is 0.829. The molecule has 150 valence electrons. The molecule has 5 nitrogen and oxygen atoms in total. The van der Waals surface area contributed by atoms with E-state index in [0.717, 1.165) is 37.4 Å². The Hall–Kier alpha value is -2.44. The van der Waals surface area contributed by atoms with E-state index in [1.165, 1.54) is 18.7 Å². The van der Waals surface area contributed by atoms with E-state index in [1.807, 2.05) is 44.2 Å². The molecule has 0 unspecified atom stereocenters. The van der Waals surface area contributed by atoms with Crippen LogP contribution in [0.3, 0.4) is 0 Å². The number of methoxy groups -OCH3 is 1. The summed E-state index contributed by atoms with van der Waals surface area (Å²) in [6, 6.07) is 12.7. The summed E-state index contributed by atoms with van der Waals surface area (Å²) in [5.74, 6) is -0.0588. The van der Waals surface area contributed by atoms with E-state index in [-0.39, 0.29) is 23.5 Å². The standard InChI is InChI=1S/C22H28FN3O2/c1-16-4-7-19(8-5-16)24-22(27)17(2)26-12-10-25(11-13-26)15-18-6-9-21(28-3)20(23)14-18/h4-9,14,17H,10-13,15H2,1-3H3,(H,24,27)/t17-/m1/s1. The van der Waals surface area contributed by atoms with Crippen LogP contribution in [0.15, 0.2) is 42.5 Å². The van der Waals surface area contributed by atoms with Gasteiger partial charge in [-0.2, -0.15) is 0 Å². The summed E-state index contributed by atoms with van der Waals surface area (Å²) in [5, 5.41) is 2.99. The zero-order valence-electron chi connectivity index (χ0n) is 16.7. The van der Waals surface area contributed by atoms with Gasteiger partial charge >= 0.3 is 0 Å². The highest BCUT2D eigenvalue weighted by Crippen LogP contribution is 2.19. The summed E-state index contributed by atoms with van der Waals surface area (Å²) in [6.07, 6.45) is 0. The molecule has 2 aromatic carbocycles. The van der Waals surface area contributed by atoms with Crippen molar-refractivity contribution in [3.63, 3.8) is 0 Å². The largest absolute Gasteiger partial charge is 0.494 e. The third-order valence-electron chi connectivity index (χ3n) is 5.28. The monoisotopic (exact) mass is 385 g/mol. The summed E-state index contributed by atoms with van der Waals surface area (Å²) < 4.78 is 18.8. The van der Waals surface area contributed by atoms with Crippen LogP contribution in [0.4, 0.5) is 10.1 Å². The van der Waals surface area contributed by atoms with Crippen LogP contribution in [0, 0.1) is 12.7 Å². The fourth-order valence-corrected chi connectivity index (χ4v) is 3.42. The van der Waals surface area contributed by atoms with Gasteiger partial charge < -0.3 is 10.1 Å². The van der Waals surface area contributed by atoms with Crippen LogP contribution in [0.5, 0.6) is 5.75 Å². The molecule has 0 bridgehead atoms. The van der Waals surface area contributed by atoms with Crippen molar-refractivity contribution in [3.05, 3.63) is 59.4 Å². The lowest BCUT2D eigenvalue weighted by molar-refractivity contribution is -0.121. The van der Waals surface area contributed by atoms with Crippen LogP contribution >= 0.6 is 0 Å². The molecule has 2 aromatic rings. The van der Waals surface area contributed by atoms with Gasteiger partial charge in [0.05, 0.1) is 13.2 Å². The van der Waals surface area contributed by atoms with E-state index in [1.54, 1.807) is 6.07 Å². The Kier molecular flexibility index (Phi) is 6.65. The highest BCUT2D eigenvalue weighted by atomic mass is 19.1. The average molecular weight is 385 g/mol. The second kappa shape index (κ2) is 9.17. The minimum absolute atomic E-state index is 0.00882. The van der Waals surface area contributed by atoms with Gasteiger partial charge in [0.15, 0.2) is 11.6 Å². The lowest BCUT2D eigenvalue weighted by Crippen LogP contribution is -2.52. The van der Waals surface area contributed by atoms with Gasteiger partial charge in [-0.05, 0) is 43.7 Å². The number of hydrogen-bond donors (Lipinski definition) is 1. The number of ether oxygens (including phenoxy) is 1. The topological polar surface area (TPSA) is 44.8 Å². The van der Waals surface area contributed by atoms with E-state index in [0.29, 0.717) is 6.54 Å². The second-order valence-electron chi connectivity index (χ2n) is 7.31. The number of aryl methyl sites for hydroxylation is 1. The fraction of sp³-hybridized carbons (Fsp3) is 0.409. The number of carbonyl (C=O) groups excluding carboxylic acids is 1. The van der Waals surface area contributed by atoms with Gasteiger partial charge in [-0.1, -0.05) is 23.8 Å². The molecule has 1 amide bonds. The van der Waals surface area contributed by atoms with Crippen molar-refractivity contribution < 1.29 is 13.9 Å². The molecule has 1 fully saturated rings. The summed E-state index contributed by atoms with van der Waals surface area (Å²) in [6.45, 7) is 7.96. The Bertz CT molecular complexity index is 802. The van der Waals surface area contributed by atoms with E-state index < -0.39 is 0 Å². The molecule has 28 heavy (non-hydrogen) atoms. The Morgan fingerprint density at radius 2 is 1.82 bits per heavy atom. The van der Waals surface area contributed by atoms with Gasteiger partial charge in [0.25, 0.3) is 0 Å². The van der Waals surface area contributed by atoms with Gasteiger partial charge in [-0.25, -0.2) is 4.39 Å². The number of anilines is 1. The Morgan fingerprint density at radius 1 is 1.14 bits per heavy atom. The van der Waals surface area contributed by atoms with Gasteiger partial charge in [0, 0.05) is 38.4 Å². The first-order valence-corrected chi connectivity index (χ1v) is 9.62. The molecule has 1 saturated heterocycles. The number of piperazine rings is 1. The van der Waals surface area contributed by atoms with Gasteiger partial charge in [-0.15, -0.1) is 0 Å². The minimum Gasteiger partial charge on any atom is -0.494 e. The molecule has 0 saturated carbocycles. The van der Waals surface area contributed by atoms with Crippen LogP contribution in [-0.4, -0.2) is 55.0 Å². The third-order valence-corrected chi connectivity index (χ3v) is 5.28. The Balaban J connectivity index is 1.49. The van der Waals surface area contributed by atoms with Crippen LogP contribution < -0.4 is 10.1 Å². The smallest absolute Gasteiger partial charge is 0.241 e. The van der Waals surface area contributed by atoms with Gasteiger partial charge in [-0.3, -0.25) is 14.6 Å². The predicted octanol–water partition coefficient (Wildman–Crippen LogP) is 3.29. The van der Waals surface area contributed by atoms with Crippen molar-refractivity contribution in [2.24, 2.45) is 0 Å². The van der Waals surface area contributed by atoms with Crippen molar-refractivity contribution in [2.75, 3.05) is 38.6 Å². The predicted molar refractivity (Wildman–Crippen MR) is 109 cm³/mol. The molecule has 0 spiro atoms. The zero-order valence-corrected chi connectivity index (χ0v) is 16.7. The minimum atomic E-state index is -0.333. The summed E-state index contributed by atoms with van der Waals surface area (Å²) in [5.41, 5.74) is 2.92. The molecule has 1 atom stereocenters. The average Bonchev–Trinajstić information content (AvgIpc) is 2.70. The lowest BCUT2D eigenvalue weighted by atomic mass is 10.1. The molecule has 0 aromatic heterocycles. The second-order valence-corrected chi connectivity index (χ2v) is 7.31. The number of rotatable bonds is 6. The Labute approximate surface area is 166 Å².